The first-order valence-corrected chi connectivity index (χ1v) is 9.51. The zero-order chi connectivity index (χ0) is 13.9. The summed E-state index contributed by atoms with van der Waals surface area (Å²) in [5.41, 5.74) is 0. The van der Waals surface area contributed by atoms with Crippen LogP contribution in [0.15, 0.2) is 0 Å². The Morgan fingerprint density at radius 3 is 2.21 bits per heavy atom. The Labute approximate surface area is 118 Å². The van der Waals surface area contributed by atoms with E-state index in [4.69, 9.17) is 0 Å². The van der Waals surface area contributed by atoms with Crippen molar-refractivity contribution in [3.05, 3.63) is 0 Å². The van der Waals surface area contributed by atoms with Crippen molar-refractivity contribution in [2.24, 2.45) is 5.92 Å². The third-order valence-corrected chi connectivity index (χ3v) is 5.95. The fraction of sp³-hybridized carbons (Fsp3) is 1.00. The maximum atomic E-state index is 11.5. The van der Waals surface area contributed by atoms with Gasteiger partial charge in [0.05, 0.1) is 6.26 Å². The Morgan fingerprint density at radius 1 is 0.947 bits per heavy atom. The van der Waals surface area contributed by atoms with Gasteiger partial charge in [-0.15, -0.1) is 0 Å². The SMILES string of the molecule is CC1CCCC(NC2CCN(S(C)(=O)=O)CC2)CC1. The molecule has 0 bridgehead atoms. The fourth-order valence-corrected chi connectivity index (χ4v) is 4.22. The molecule has 0 radical (unpaired) electrons. The minimum atomic E-state index is -2.99. The molecule has 2 rings (SSSR count). The van der Waals surface area contributed by atoms with Crippen molar-refractivity contribution in [2.45, 2.75) is 64.0 Å². The number of nitrogens with zero attached hydrogens (tertiary/aromatic N) is 1. The van der Waals surface area contributed by atoms with E-state index in [1.165, 1.54) is 38.4 Å². The van der Waals surface area contributed by atoms with Crippen molar-refractivity contribution < 1.29 is 8.42 Å². The Bertz CT molecular complexity index is 375. The topological polar surface area (TPSA) is 49.4 Å². The lowest BCUT2D eigenvalue weighted by Crippen LogP contribution is -2.47. The van der Waals surface area contributed by atoms with E-state index in [0.717, 1.165) is 18.8 Å². The molecule has 2 unspecified atom stereocenters. The van der Waals surface area contributed by atoms with Crippen LogP contribution in [-0.2, 0) is 10.0 Å². The van der Waals surface area contributed by atoms with Crippen molar-refractivity contribution in [2.75, 3.05) is 19.3 Å². The molecule has 0 aromatic carbocycles. The third-order valence-electron chi connectivity index (χ3n) is 4.65. The molecule has 0 spiro atoms. The van der Waals surface area contributed by atoms with Gasteiger partial charge < -0.3 is 5.32 Å². The standard InChI is InChI=1S/C14H28N2O2S/c1-12-4-3-5-13(7-6-12)15-14-8-10-16(11-9-14)19(2,17)18/h12-15H,3-11H2,1-2H3. The molecule has 5 heteroatoms. The number of hydrogen-bond acceptors (Lipinski definition) is 3. The molecule has 1 saturated carbocycles. The average molecular weight is 288 g/mol. The van der Waals surface area contributed by atoms with Gasteiger partial charge in [0.2, 0.25) is 10.0 Å². The largest absolute Gasteiger partial charge is 0.311 e. The highest BCUT2D eigenvalue weighted by atomic mass is 32.2. The first-order valence-electron chi connectivity index (χ1n) is 7.66. The molecule has 2 atom stereocenters. The lowest BCUT2D eigenvalue weighted by atomic mass is 10.0. The Kier molecular flexibility index (Phi) is 5.26. The van der Waals surface area contributed by atoms with E-state index in [2.05, 4.69) is 12.2 Å². The quantitative estimate of drug-likeness (QED) is 0.808. The van der Waals surface area contributed by atoms with Crippen LogP contribution in [-0.4, -0.2) is 44.2 Å². The Hall–Kier alpha value is -0.130. The molecule has 1 saturated heterocycles. The van der Waals surface area contributed by atoms with Crippen molar-refractivity contribution in [1.29, 1.82) is 0 Å². The monoisotopic (exact) mass is 288 g/mol. The number of hydrogen-bond donors (Lipinski definition) is 1. The van der Waals surface area contributed by atoms with Crippen LogP contribution in [0.3, 0.4) is 0 Å². The summed E-state index contributed by atoms with van der Waals surface area (Å²) in [6.07, 6.45) is 9.83. The van der Waals surface area contributed by atoms with Crippen LogP contribution in [0, 0.1) is 5.92 Å². The van der Waals surface area contributed by atoms with Gasteiger partial charge >= 0.3 is 0 Å². The normalized spacial score (nSPS) is 32.1. The summed E-state index contributed by atoms with van der Waals surface area (Å²) in [4.78, 5) is 0. The van der Waals surface area contributed by atoms with Crippen molar-refractivity contribution in [1.82, 2.24) is 9.62 Å². The minimum absolute atomic E-state index is 0.511. The molecule has 19 heavy (non-hydrogen) atoms. The zero-order valence-corrected chi connectivity index (χ0v) is 13.1. The minimum Gasteiger partial charge on any atom is -0.311 e. The summed E-state index contributed by atoms with van der Waals surface area (Å²) in [7, 11) is -2.99. The predicted molar refractivity (Wildman–Crippen MR) is 78.6 cm³/mol. The lowest BCUT2D eigenvalue weighted by molar-refractivity contribution is 0.266. The summed E-state index contributed by atoms with van der Waals surface area (Å²) in [6.45, 7) is 3.71. The summed E-state index contributed by atoms with van der Waals surface area (Å²) in [5.74, 6) is 0.874. The second-order valence-corrected chi connectivity index (χ2v) is 8.40. The van der Waals surface area contributed by atoms with Crippen molar-refractivity contribution in [3.8, 4) is 0 Å². The molecule has 4 nitrogen and oxygen atoms in total. The summed E-state index contributed by atoms with van der Waals surface area (Å²) < 4.78 is 24.6. The molecule has 0 amide bonds. The van der Waals surface area contributed by atoms with Gasteiger partial charge in [-0.25, -0.2) is 12.7 Å². The van der Waals surface area contributed by atoms with Crippen LogP contribution in [0.25, 0.3) is 0 Å². The molecule has 112 valence electrons. The van der Waals surface area contributed by atoms with E-state index in [-0.39, 0.29) is 0 Å². The van der Waals surface area contributed by atoms with Gasteiger partial charge in [-0.1, -0.05) is 19.8 Å². The number of nitrogens with one attached hydrogen (secondary N) is 1. The highest BCUT2D eigenvalue weighted by Gasteiger charge is 2.26. The highest BCUT2D eigenvalue weighted by Crippen LogP contribution is 2.24. The first-order chi connectivity index (χ1) is 8.95. The van der Waals surface area contributed by atoms with Gasteiger partial charge in [0, 0.05) is 25.2 Å². The van der Waals surface area contributed by atoms with Crippen molar-refractivity contribution in [3.63, 3.8) is 0 Å². The third kappa shape index (κ3) is 4.72. The number of rotatable bonds is 3. The van der Waals surface area contributed by atoms with Crippen LogP contribution in [0.5, 0.6) is 0 Å². The Morgan fingerprint density at radius 2 is 1.58 bits per heavy atom. The van der Waals surface area contributed by atoms with Gasteiger partial charge in [0.1, 0.15) is 0 Å². The summed E-state index contributed by atoms with van der Waals surface area (Å²) >= 11 is 0. The summed E-state index contributed by atoms with van der Waals surface area (Å²) in [5, 5.41) is 3.77. The second-order valence-electron chi connectivity index (χ2n) is 6.41. The molecular weight excluding hydrogens is 260 g/mol. The Balaban J connectivity index is 1.76. The van der Waals surface area contributed by atoms with Gasteiger partial charge in [-0.3, -0.25) is 0 Å². The van der Waals surface area contributed by atoms with E-state index in [9.17, 15) is 8.42 Å². The van der Waals surface area contributed by atoms with Gasteiger partial charge in [0.25, 0.3) is 0 Å². The van der Waals surface area contributed by atoms with Gasteiger partial charge in [-0.2, -0.15) is 0 Å². The highest BCUT2D eigenvalue weighted by molar-refractivity contribution is 7.88. The molecule has 0 aromatic heterocycles. The molecule has 1 aliphatic heterocycles. The maximum absolute atomic E-state index is 11.5. The zero-order valence-electron chi connectivity index (χ0n) is 12.3. The smallest absolute Gasteiger partial charge is 0.211 e. The molecular formula is C14H28N2O2S. The first kappa shape index (κ1) is 15.3. The molecule has 1 N–H and O–H groups in total. The van der Waals surface area contributed by atoms with E-state index in [0.29, 0.717) is 25.2 Å². The second kappa shape index (κ2) is 6.55. The van der Waals surface area contributed by atoms with Crippen molar-refractivity contribution >= 4 is 10.0 Å². The van der Waals surface area contributed by atoms with Crippen LogP contribution >= 0.6 is 0 Å². The van der Waals surface area contributed by atoms with E-state index < -0.39 is 10.0 Å². The lowest BCUT2D eigenvalue weighted by Gasteiger charge is -2.33. The van der Waals surface area contributed by atoms with E-state index in [1.54, 1.807) is 4.31 Å². The molecule has 0 aromatic rings. The van der Waals surface area contributed by atoms with Gasteiger partial charge in [-0.05, 0) is 38.0 Å². The number of sulfonamides is 1. The van der Waals surface area contributed by atoms with Crippen LogP contribution in [0.1, 0.15) is 51.9 Å². The molecule has 2 fully saturated rings. The molecule has 1 heterocycles. The van der Waals surface area contributed by atoms with Crippen LogP contribution < -0.4 is 5.32 Å². The van der Waals surface area contributed by atoms with Gasteiger partial charge in [0.15, 0.2) is 0 Å². The van der Waals surface area contributed by atoms with Crippen LogP contribution in [0.4, 0.5) is 0 Å². The molecule has 2 aliphatic rings. The fourth-order valence-electron chi connectivity index (χ4n) is 3.34. The van der Waals surface area contributed by atoms with E-state index in [1.807, 2.05) is 0 Å². The predicted octanol–water partition coefficient (Wildman–Crippen LogP) is 1.97. The number of piperidine rings is 1. The van der Waals surface area contributed by atoms with Crippen LogP contribution in [0.2, 0.25) is 0 Å². The average Bonchev–Trinajstić information content (AvgIpc) is 2.54. The summed E-state index contributed by atoms with van der Waals surface area (Å²) in [6, 6.07) is 1.16. The maximum Gasteiger partial charge on any atom is 0.211 e. The van der Waals surface area contributed by atoms with E-state index >= 15 is 0 Å². The molecule has 1 aliphatic carbocycles.